The fourth-order valence-corrected chi connectivity index (χ4v) is 3.05. The lowest BCUT2D eigenvalue weighted by atomic mass is 9.63. The Morgan fingerprint density at radius 3 is 1.70 bits per heavy atom. The maximum atomic E-state index is 12.6. The summed E-state index contributed by atoms with van der Waals surface area (Å²) in [6.07, 6.45) is 1.33. The summed E-state index contributed by atoms with van der Waals surface area (Å²) in [5.41, 5.74) is 10.5. The Hall–Kier alpha value is -1.10. The second kappa shape index (κ2) is 7.65. The van der Waals surface area contributed by atoms with Gasteiger partial charge in [-0.2, -0.15) is 0 Å². The predicted molar refractivity (Wildman–Crippen MR) is 95.3 cm³/mol. The average Bonchev–Trinajstić information content (AvgIpc) is 2.30. The van der Waals surface area contributed by atoms with E-state index in [4.69, 9.17) is 5.73 Å². The van der Waals surface area contributed by atoms with E-state index in [2.05, 4.69) is 45.5 Å². The smallest absolute Gasteiger partial charge is 0.237 e. The van der Waals surface area contributed by atoms with E-state index < -0.39 is 0 Å². The topological polar surface area (TPSA) is 84.2 Å². The third kappa shape index (κ3) is 7.34. The molecule has 0 spiro atoms. The van der Waals surface area contributed by atoms with E-state index in [1.54, 1.807) is 7.05 Å². The van der Waals surface area contributed by atoms with E-state index in [-0.39, 0.29) is 39.9 Å². The van der Waals surface area contributed by atoms with Crippen molar-refractivity contribution in [1.82, 2.24) is 10.9 Å². The van der Waals surface area contributed by atoms with Gasteiger partial charge in [0.05, 0.1) is 0 Å². The van der Waals surface area contributed by atoms with Crippen molar-refractivity contribution in [2.45, 2.75) is 68.2 Å². The third-order valence-corrected chi connectivity index (χ3v) is 4.44. The van der Waals surface area contributed by atoms with Gasteiger partial charge in [-0.1, -0.05) is 55.4 Å². The summed E-state index contributed by atoms with van der Waals surface area (Å²) < 4.78 is 0. The minimum absolute atomic E-state index is 0.0109. The van der Waals surface area contributed by atoms with Crippen LogP contribution in [0.5, 0.6) is 0 Å². The second-order valence-electron chi connectivity index (χ2n) is 9.57. The number of nitrogens with one attached hydrogen (secondary N) is 2. The van der Waals surface area contributed by atoms with Crippen LogP contribution in [0.3, 0.4) is 0 Å². The molecule has 0 fully saturated rings. The van der Waals surface area contributed by atoms with Crippen LogP contribution < -0.4 is 16.6 Å². The third-order valence-electron chi connectivity index (χ3n) is 4.44. The fourth-order valence-electron chi connectivity index (χ4n) is 3.05. The minimum atomic E-state index is -0.346. The van der Waals surface area contributed by atoms with Crippen molar-refractivity contribution in [3.63, 3.8) is 0 Å². The molecule has 0 heterocycles. The van der Waals surface area contributed by atoms with Gasteiger partial charge in [0.2, 0.25) is 11.8 Å². The highest BCUT2D eigenvalue weighted by atomic mass is 16.2. The van der Waals surface area contributed by atoms with Crippen LogP contribution in [-0.2, 0) is 9.59 Å². The predicted octanol–water partition coefficient (Wildman–Crippen LogP) is 2.85. The number of primary amides is 1. The SMILES string of the molecule is CNNC(=O)C(CC(C)(C)C)C(C)(C)CC(C(N)=O)C(C)(C)C. The number of amides is 2. The summed E-state index contributed by atoms with van der Waals surface area (Å²) >= 11 is 0. The first kappa shape index (κ1) is 21.9. The van der Waals surface area contributed by atoms with Crippen molar-refractivity contribution in [1.29, 1.82) is 0 Å². The molecule has 5 heteroatoms. The Balaban J connectivity index is 5.55. The molecule has 0 bridgehead atoms. The first-order chi connectivity index (χ1) is 10.1. The quantitative estimate of drug-likeness (QED) is 0.629. The lowest BCUT2D eigenvalue weighted by Gasteiger charge is -2.41. The molecule has 23 heavy (non-hydrogen) atoms. The van der Waals surface area contributed by atoms with Crippen LogP contribution in [-0.4, -0.2) is 18.9 Å². The molecular weight excluding hydrogens is 290 g/mol. The molecule has 136 valence electrons. The van der Waals surface area contributed by atoms with Crippen molar-refractivity contribution in [3.05, 3.63) is 0 Å². The highest BCUT2D eigenvalue weighted by Crippen LogP contribution is 2.44. The van der Waals surface area contributed by atoms with Crippen LogP contribution in [0.25, 0.3) is 0 Å². The normalized spacial score (nSPS) is 15.9. The molecule has 0 aliphatic heterocycles. The number of hydrogen-bond donors (Lipinski definition) is 3. The van der Waals surface area contributed by atoms with E-state index in [1.807, 2.05) is 20.8 Å². The maximum Gasteiger partial charge on any atom is 0.237 e. The molecule has 0 radical (unpaired) electrons. The lowest BCUT2D eigenvalue weighted by Crippen LogP contribution is -2.47. The van der Waals surface area contributed by atoms with E-state index >= 15 is 0 Å². The van der Waals surface area contributed by atoms with Gasteiger partial charge in [-0.15, -0.1) is 0 Å². The van der Waals surface area contributed by atoms with E-state index in [9.17, 15) is 9.59 Å². The monoisotopic (exact) mass is 327 g/mol. The number of carbonyl (C=O) groups is 2. The van der Waals surface area contributed by atoms with E-state index in [0.29, 0.717) is 6.42 Å². The number of hydrazine groups is 1. The molecule has 2 atom stereocenters. The highest BCUT2D eigenvalue weighted by Gasteiger charge is 2.42. The van der Waals surface area contributed by atoms with Gasteiger partial charge in [-0.05, 0) is 29.1 Å². The fraction of sp³-hybridized carbons (Fsp3) is 0.889. The molecule has 0 rings (SSSR count). The van der Waals surface area contributed by atoms with Gasteiger partial charge >= 0.3 is 0 Å². The Morgan fingerprint density at radius 2 is 1.39 bits per heavy atom. The van der Waals surface area contributed by atoms with Crippen molar-refractivity contribution in [3.8, 4) is 0 Å². The zero-order valence-electron chi connectivity index (χ0n) is 16.5. The average molecular weight is 328 g/mol. The van der Waals surface area contributed by atoms with Crippen LogP contribution in [0.1, 0.15) is 68.2 Å². The zero-order valence-corrected chi connectivity index (χ0v) is 16.5. The van der Waals surface area contributed by atoms with Crippen molar-refractivity contribution >= 4 is 11.8 Å². The van der Waals surface area contributed by atoms with Crippen LogP contribution in [0.15, 0.2) is 0 Å². The molecule has 0 aromatic heterocycles. The number of carbonyl (C=O) groups excluding carboxylic acids is 2. The van der Waals surface area contributed by atoms with Gasteiger partial charge in [0.25, 0.3) is 0 Å². The molecule has 0 aliphatic carbocycles. The summed E-state index contributed by atoms with van der Waals surface area (Å²) in [5, 5.41) is 0. The van der Waals surface area contributed by atoms with Crippen LogP contribution in [0.4, 0.5) is 0 Å². The van der Waals surface area contributed by atoms with Gasteiger partial charge in [-0.25, -0.2) is 5.43 Å². The molecule has 2 amide bonds. The maximum absolute atomic E-state index is 12.6. The first-order valence-electron chi connectivity index (χ1n) is 8.38. The van der Waals surface area contributed by atoms with Gasteiger partial charge in [0.15, 0.2) is 0 Å². The van der Waals surface area contributed by atoms with Crippen molar-refractivity contribution < 1.29 is 9.59 Å². The summed E-state index contributed by atoms with van der Waals surface area (Å²) in [6.45, 7) is 16.5. The Bertz CT molecular complexity index is 417. The van der Waals surface area contributed by atoms with E-state index in [0.717, 1.165) is 6.42 Å². The Morgan fingerprint density at radius 1 is 0.913 bits per heavy atom. The molecule has 4 N–H and O–H groups in total. The number of hydrogen-bond acceptors (Lipinski definition) is 3. The van der Waals surface area contributed by atoms with Gasteiger partial charge in [0.1, 0.15) is 0 Å². The van der Waals surface area contributed by atoms with Crippen LogP contribution >= 0.6 is 0 Å². The molecule has 5 nitrogen and oxygen atoms in total. The molecular formula is C18H37N3O2. The zero-order chi connectivity index (χ0) is 18.6. The summed E-state index contributed by atoms with van der Waals surface area (Å²) in [5.74, 6) is -0.819. The number of rotatable bonds is 7. The number of nitrogens with two attached hydrogens (primary N) is 1. The molecule has 0 saturated carbocycles. The van der Waals surface area contributed by atoms with Crippen molar-refractivity contribution in [2.75, 3.05) is 7.05 Å². The van der Waals surface area contributed by atoms with Gasteiger partial charge in [-0.3, -0.25) is 15.0 Å². The molecule has 0 aliphatic rings. The summed E-state index contributed by atoms with van der Waals surface area (Å²) in [6, 6.07) is 0. The largest absolute Gasteiger partial charge is 0.369 e. The van der Waals surface area contributed by atoms with Crippen LogP contribution in [0.2, 0.25) is 0 Å². The Labute approximate surface area is 142 Å². The minimum Gasteiger partial charge on any atom is -0.369 e. The van der Waals surface area contributed by atoms with Crippen LogP contribution in [0, 0.1) is 28.1 Å². The lowest BCUT2D eigenvalue weighted by molar-refractivity contribution is -0.134. The molecule has 0 saturated heterocycles. The summed E-state index contributed by atoms with van der Waals surface area (Å²) in [4.78, 5) is 24.5. The Kier molecular flexibility index (Phi) is 7.28. The van der Waals surface area contributed by atoms with Gasteiger partial charge < -0.3 is 5.73 Å². The standard InChI is InChI=1S/C18H37N3O2/c1-16(2,3)10-13(15(23)21-20-9)18(7,8)11-12(14(19)22)17(4,5)6/h12-13,20H,10-11H2,1-9H3,(H2,19,22)(H,21,23). The summed E-state index contributed by atoms with van der Waals surface area (Å²) in [7, 11) is 1.68. The molecule has 0 aromatic carbocycles. The van der Waals surface area contributed by atoms with E-state index in [1.165, 1.54) is 0 Å². The highest BCUT2D eigenvalue weighted by molar-refractivity contribution is 5.80. The molecule has 2 unspecified atom stereocenters. The van der Waals surface area contributed by atoms with Crippen molar-refractivity contribution in [2.24, 2.45) is 33.8 Å². The van der Waals surface area contributed by atoms with Gasteiger partial charge in [0, 0.05) is 18.9 Å². The first-order valence-corrected chi connectivity index (χ1v) is 8.38. The second-order valence-corrected chi connectivity index (χ2v) is 9.57. The molecule has 0 aromatic rings.